The van der Waals surface area contributed by atoms with E-state index >= 15 is 0 Å². The van der Waals surface area contributed by atoms with Gasteiger partial charge in [0.2, 0.25) is 5.92 Å². The number of hydrogen-bond donors (Lipinski definition) is 1. The summed E-state index contributed by atoms with van der Waals surface area (Å²) in [6.07, 6.45) is 18.5. The minimum atomic E-state index is -2.41. The molecule has 1 fully saturated rings. The number of unbranched alkanes of at least 4 members (excludes halogenated alkanes) is 1. The molecule has 1 aromatic heterocycles. The second-order valence-electron chi connectivity index (χ2n) is 11.5. The minimum absolute atomic E-state index is 0.0269. The first kappa shape index (κ1) is 45.8. The SMILES string of the molecule is CC.CC/C=C(/N=C/C=C(\C)N1CCC(c2cn[nH]c2)C1)c1ccc(C=C(C)C)c(C)c1.CC=O.CCCC.CCCC(F)(F)CC. The molecular formula is C40H66F2N4O. The van der Waals surface area contributed by atoms with E-state index in [1.807, 2.05) is 32.5 Å². The third-order valence-corrected chi connectivity index (χ3v) is 7.25. The number of aryl methyl sites for hydroxylation is 1. The molecule has 1 N–H and O–H groups in total. The van der Waals surface area contributed by atoms with Crippen molar-refractivity contribution < 1.29 is 13.6 Å². The van der Waals surface area contributed by atoms with E-state index in [9.17, 15) is 8.78 Å². The lowest BCUT2D eigenvalue weighted by molar-refractivity contribution is -0.106. The van der Waals surface area contributed by atoms with Gasteiger partial charge in [0.05, 0.1) is 11.9 Å². The number of aromatic nitrogens is 2. The van der Waals surface area contributed by atoms with Gasteiger partial charge >= 0.3 is 0 Å². The number of alkyl halides is 2. The Hall–Kier alpha value is -3.35. The van der Waals surface area contributed by atoms with Gasteiger partial charge in [0, 0.05) is 55.5 Å². The zero-order valence-electron chi connectivity index (χ0n) is 31.7. The molecule has 0 amide bonds. The summed E-state index contributed by atoms with van der Waals surface area (Å²) in [5, 5.41) is 7.02. The summed E-state index contributed by atoms with van der Waals surface area (Å²) in [7, 11) is 0. The number of nitrogens with one attached hydrogen (secondary N) is 1. The fourth-order valence-electron chi connectivity index (χ4n) is 4.46. The van der Waals surface area contributed by atoms with Crippen LogP contribution in [0.25, 0.3) is 11.8 Å². The van der Waals surface area contributed by atoms with Crippen molar-refractivity contribution in [1.82, 2.24) is 15.1 Å². The number of carbonyl (C=O) groups excluding carboxylic acids is 1. The Bertz CT molecular complexity index is 1190. The highest BCUT2D eigenvalue weighted by molar-refractivity contribution is 5.81. The van der Waals surface area contributed by atoms with Gasteiger partial charge in [-0.05, 0) is 76.3 Å². The minimum Gasteiger partial charge on any atom is -0.374 e. The molecule has 266 valence electrons. The summed E-state index contributed by atoms with van der Waals surface area (Å²) in [5.74, 6) is -1.85. The number of carbonyl (C=O) groups is 1. The average Bonchev–Trinajstić information content (AvgIpc) is 3.76. The van der Waals surface area contributed by atoms with Gasteiger partial charge in [0.1, 0.15) is 6.29 Å². The van der Waals surface area contributed by atoms with Crippen LogP contribution >= 0.6 is 0 Å². The van der Waals surface area contributed by atoms with Gasteiger partial charge in [0.15, 0.2) is 0 Å². The van der Waals surface area contributed by atoms with Crippen LogP contribution in [0.4, 0.5) is 8.78 Å². The first-order chi connectivity index (χ1) is 22.4. The van der Waals surface area contributed by atoms with Crippen LogP contribution in [-0.2, 0) is 4.79 Å². The van der Waals surface area contributed by atoms with Gasteiger partial charge in [-0.3, -0.25) is 10.1 Å². The van der Waals surface area contributed by atoms with Gasteiger partial charge in [0.25, 0.3) is 0 Å². The van der Waals surface area contributed by atoms with Crippen molar-refractivity contribution in [2.24, 2.45) is 4.99 Å². The lowest BCUT2D eigenvalue weighted by atomic mass is 10.0. The fourth-order valence-corrected chi connectivity index (χ4v) is 4.46. The maximum absolute atomic E-state index is 12.2. The van der Waals surface area contributed by atoms with E-state index in [1.165, 1.54) is 66.6 Å². The van der Waals surface area contributed by atoms with Gasteiger partial charge < -0.3 is 9.69 Å². The van der Waals surface area contributed by atoms with Crippen molar-refractivity contribution in [3.8, 4) is 0 Å². The Morgan fingerprint density at radius 1 is 1.09 bits per heavy atom. The van der Waals surface area contributed by atoms with Crippen molar-refractivity contribution in [2.75, 3.05) is 13.1 Å². The quantitative estimate of drug-likeness (QED) is 0.193. The highest BCUT2D eigenvalue weighted by Crippen LogP contribution is 2.28. The number of hydrogen-bond acceptors (Lipinski definition) is 4. The standard InChI is InChI=1S/C26H34N4.C6H12F2.C4H10.C2H4O.C2H6/c1-6-7-26(23-9-8-22(14-19(2)3)20(4)15-23)27-12-10-21(5)30-13-11-24(18-30)25-16-28-29-17-25;1-3-5-6(7,8)4-2;1-3-4-2;1-2-3;1-2/h7-10,12,14-17,24H,6,11,13,18H2,1-5H3,(H,28,29);3-5H2,1-2H3;3-4H2,1-2H3;2H,1H3;1-2H3/b21-10+,26-7+,27-12+;;;;. The summed E-state index contributed by atoms with van der Waals surface area (Å²) in [5.41, 5.74) is 8.63. The van der Waals surface area contributed by atoms with Gasteiger partial charge in [-0.2, -0.15) is 5.10 Å². The van der Waals surface area contributed by atoms with Gasteiger partial charge in [-0.15, -0.1) is 0 Å². The highest BCUT2D eigenvalue weighted by Gasteiger charge is 2.24. The summed E-state index contributed by atoms with van der Waals surface area (Å²) in [4.78, 5) is 16.0. The number of benzene rings is 1. The predicted octanol–water partition coefficient (Wildman–Crippen LogP) is 12.2. The molecule has 1 aliphatic rings. The molecule has 1 aliphatic heterocycles. The number of likely N-dealkylation sites (tertiary alicyclic amines) is 1. The fraction of sp³-hybridized carbons (Fsp3) is 0.575. The molecule has 0 bridgehead atoms. The summed E-state index contributed by atoms with van der Waals surface area (Å²) < 4.78 is 24.3. The molecule has 0 aliphatic carbocycles. The van der Waals surface area contributed by atoms with Crippen molar-refractivity contribution in [2.45, 2.75) is 140 Å². The van der Waals surface area contributed by atoms with E-state index in [-0.39, 0.29) is 12.8 Å². The Balaban J connectivity index is 0. The summed E-state index contributed by atoms with van der Waals surface area (Å²) in [6, 6.07) is 6.60. The Morgan fingerprint density at radius 2 is 1.72 bits per heavy atom. The molecule has 2 aromatic rings. The number of aldehydes is 1. The maximum atomic E-state index is 12.2. The number of H-pyrrole nitrogens is 1. The molecule has 0 saturated carbocycles. The normalized spacial score (nSPS) is 14.4. The number of halogens is 2. The largest absolute Gasteiger partial charge is 0.374 e. The molecule has 1 atom stereocenters. The Labute approximate surface area is 286 Å². The summed E-state index contributed by atoms with van der Waals surface area (Å²) in [6.45, 7) is 26.0. The third-order valence-electron chi connectivity index (χ3n) is 7.25. The third kappa shape index (κ3) is 20.5. The van der Waals surface area contributed by atoms with Crippen LogP contribution < -0.4 is 0 Å². The van der Waals surface area contributed by atoms with Crippen LogP contribution in [0.15, 0.2) is 59.0 Å². The Kier molecular flexibility index (Phi) is 27.0. The van der Waals surface area contributed by atoms with E-state index in [0.717, 1.165) is 31.5 Å². The van der Waals surface area contributed by atoms with Crippen LogP contribution in [0.2, 0.25) is 0 Å². The molecule has 2 heterocycles. The molecule has 5 nitrogen and oxygen atoms in total. The number of nitrogens with zero attached hydrogens (tertiary/aromatic N) is 3. The van der Waals surface area contributed by atoms with Crippen molar-refractivity contribution in [3.63, 3.8) is 0 Å². The van der Waals surface area contributed by atoms with Crippen molar-refractivity contribution in [1.29, 1.82) is 0 Å². The molecular weight excluding hydrogens is 590 g/mol. The first-order valence-electron chi connectivity index (χ1n) is 17.6. The van der Waals surface area contributed by atoms with E-state index < -0.39 is 5.92 Å². The monoisotopic (exact) mass is 657 g/mol. The molecule has 47 heavy (non-hydrogen) atoms. The molecule has 1 unspecified atom stereocenters. The zero-order valence-corrected chi connectivity index (χ0v) is 31.7. The van der Waals surface area contributed by atoms with E-state index in [4.69, 9.17) is 9.79 Å². The van der Waals surface area contributed by atoms with Crippen LogP contribution in [0, 0.1) is 6.92 Å². The lowest BCUT2D eigenvalue weighted by Crippen LogP contribution is -2.18. The van der Waals surface area contributed by atoms with Crippen molar-refractivity contribution in [3.05, 3.63) is 76.3 Å². The van der Waals surface area contributed by atoms with Crippen LogP contribution in [0.5, 0.6) is 0 Å². The smallest absolute Gasteiger partial charge is 0.247 e. The van der Waals surface area contributed by atoms with Gasteiger partial charge in [-0.1, -0.05) is 97.6 Å². The zero-order chi connectivity index (χ0) is 36.3. The van der Waals surface area contributed by atoms with Crippen molar-refractivity contribution >= 4 is 24.3 Å². The number of rotatable bonds is 11. The maximum Gasteiger partial charge on any atom is 0.247 e. The van der Waals surface area contributed by atoms with E-state index in [0.29, 0.717) is 12.3 Å². The molecule has 0 spiro atoms. The predicted molar refractivity (Wildman–Crippen MR) is 202 cm³/mol. The molecule has 0 radical (unpaired) electrons. The molecule has 1 aromatic carbocycles. The summed E-state index contributed by atoms with van der Waals surface area (Å²) >= 11 is 0. The van der Waals surface area contributed by atoms with Gasteiger partial charge in [-0.25, -0.2) is 8.78 Å². The average molecular weight is 657 g/mol. The van der Waals surface area contributed by atoms with Crippen LogP contribution in [0.1, 0.15) is 149 Å². The topological polar surface area (TPSA) is 61.4 Å². The lowest BCUT2D eigenvalue weighted by Gasteiger charge is -2.18. The highest BCUT2D eigenvalue weighted by atomic mass is 19.3. The number of aromatic amines is 1. The second-order valence-corrected chi connectivity index (χ2v) is 11.5. The number of allylic oxidation sites excluding steroid dienone is 4. The second kappa shape index (κ2) is 27.7. The molecule has 1 saturated heterocycles. The van der Waals surface area contributed by atoms with E-state index in [2.05, 4.69) is 100.0 Å². The first-order valence-corrected chi connectivity index (χ1v) is 17.6. The van der Waals surface area contributed by atoms with E-state index in [1.54, 1.807) is 6.92 Å². The molecule has 7 heteroatoms. The van der Waals surface area contributed by atoms with Crippen LogP contribution in [0.3, 0.4) is 0 Å². The molecule has 3 rings (SSSR count). The number of aliphatic imine (C=N–C) groups is 1. The van der Waals surface area contributed by atoms with Crippen LogP contribution in [-0.4, -0.2) is 46.6 Å². The Morgan fingerprint density at radius 3 is 2.17 bits per heavy atom.